The Labute approximate surface area is 131 Å². The molecule has 1 heteroatoms. The van der Waals surface area contributed by atoms with Crippen molar-refractivity contribution in [3.05, 3.63) is 0 Å². The number of hydrogen-bond donors (Lipinski definition) is 0. The summed E-state index contributed by atoms with van der Waals surface area (Å²) in [5, 5.41) is 0. The summed E-state index contributed by atoms with van der Waals surface area (Å²) in [4.78, 5) is 0. The van der Waals surface area contributed by atoms with E-state index in [9.17, 15) is 0 Å². The van der Waals surface area contributed by atoms with Crippen molar-refractivity contribution >= 4 is 0 Å². The summed E-state index contributed by atoms with van der Waals surface area (Å²) >= 11 is 0. The summed E-state index contributed by atoms with van der Waals surface area (Å²) in [6, 6.07) is 0. The fourth-order valence-corrected chi connectivity index (χ4v) is 6.94. The lowest BCUT2D eigenvalue weighted by atomic mass is 9.53. The molecule has 0 amide bonds. The topological polar surface area (TPSA) is 9.23 Å². The fraction of sp³-hybridized carbons (Fsp3) is 1.00. The number of hydrogen-bond acceptors (Lipinski definition) is 1. The van der Waals surface area contributed by atoms with Gasteiger partial charge in [0.2, 0.25) is 0 Å². The van der Waals surface area contributed by atoms with Crippen LogP contribution in [0.4, 0.5) is 0 Å². The Balaban J connectivity index is 1.43. The molecular weight excluding hydrogens is 256 g/mol. The lowest BCUT2D eigenvalue weighted by Gasteiger charge is -2.52. The second-order valence-corrected chi connectivity index (χ2v) is 8.88. The van der Waals surface area contributed by atoms with Gasteiger partial charge in [-0.1, -0.05) is 12.8 Å². The van der Waals surface area contributed by atoms with Crippen LogP contribution in [0.3, 0.4) is 0 Å². The predicted molar refractivity (Wildman–Crippen MR) is 87.1 cm³/mol. The minimum atomic E-state index is 0.414. The van der Waals surface area contributed by atoms with Gasteiger partial charge in [0, 0.05) is 0 Å². The normalized spacial score (nSPS) is 49.6. The molecule has 0 aromatic rings. The first kappa shape index (κ1) is 14.5. The van der Waals surface area contributed by atoms with Gasteiger partial charge in [0.05, 0.1) is 12.2 Å². The van der Waals surface area contributed by atoms with Gasteiger partial charge in [-0.25, -0.2) is 0 Å². The van der Waals surface area contributed by atoms with Crippen molar-refractivity contribution in [3.8, 4) is 0 Å². The van der Waals surface area contributed by atoms with Crippen LogP contribution in [-0.4, -0.2) is 12.2 Å². The van der Waals surface area contributed by atoms with Crippen LogP contribution in [0.1, 0.15) is 78.1 Å². The van der Waals surface area contributed by atoms with Crippen molar-refractivity contribution in [2.45, 2.75) is 90.3 Å². The first-order chi connectivity index (χ1) is 10.2. The maximum atomic E-state index is 6.15. The number of fused-ring (bicyclic) bond motifs is 5. The van der Waals surface area contributed by atoms with Gasteiger partial charge in [0.25, 0.3) is 0 Å². The highest BCUT2D eigenvalue weighted by molar-refractivity contribution is 4.99. The van der Waals surface area contributed by atoms with E-state index in [4.69, 9.17) is 4.74 Å². The van der Waals surface area contributed by atoms with Crippen LogP contribution in [0.25, 0.3) is 0 Å². The number of ether oxygens (including phenoxy) is 1. The molecule has 4 fully saturated rings. The van der Waals surface area contributed by atoms with E-state index in [0.29, 0.717) is 12.2 Å². The summed E-state index contributed by atoms with van der Waals surface area (Å²) < 4.78 is 6.15. The highest BCUT2D eigenvalue weighted by Gasteiger charge is 2.49. The van der Waals surface area contributed by atoms with Gasteiger partial charge in [-0.15, -0.1) is 0 Å². The molecule has 0 aliphatic heterocycles. The van der Waals surface area contributed by atoms with Gasteiger partial charge in [-0.2, -0.15) is 0 Å². The molecule has 4 rings (SSSR count). The summed E-state index contributed by atoms with van der Waals surface area (Å²) in [5.41, 5.74) is 0. The smallest absolute Gasteiger partial charge is 0.0581 e. The average molecular weight is 290 g/mol. The van der Waals surface area contributed by atoms with E-state index < -0.39 is 0 Å². The van der Waals surface area contributed by atoms with Crippen molar-refractivity contribution in [3.63, 3.8) is 0 Å². The average Bonchev–Trinajstić information content (AvgIpc) is 2.94. The standard InChI is InChI=1S/C20H34O/c1-13(2)21-16-8-11-18-15(12-16)7-10-19-17-5-3-4-14(17)6-9-20(18)19/h13-20H,3-12H2,1-2H3. The summed E-state index contributed by atoms with van der Waals surface area (Å²) in [7, 11) is 0. The third-order valence-corrected chi connectivity index (χ3v) is 7.57. The summed E-state index contributed by atoms with van der Waals surface area (Å²) in [6.07, 6.45) is 16.1. The Morgan fingerprint density at radius 1 is 0.667 bits per heavy atom. The SMILES string of the molecule is CC(C)OC1CCC2C(CCC3C4CCCC4CCC23)C1. The molecule has 7 unspecified atom stereocenters. The second-order valence-electron chi connectivity index (χ2n) is 8.88. The molecule has 0 N–H and O–H groups in total. The molecule has 4 saturated carbocycles. The van der Waals surface area contributed by atoms with Crippen molar-refractivity contribution in [2.75, 3.05) is 0 Å². The van der Waals surface area contributed by atoms with Gasteiger partial charge in [0.15, 0.2) is 0 Å². The lowest BCUT2D eigenvalue weighted by molar-refractivity contribution is -0.0797. The van der Waals surface area contributed by atoms with Crippen LogP contribution in [0.2, 0.25) is 0 Å². The molecule has 0 spiro atoms. The van der Waals surface area contributed by atoms with Crippen LogP contribution in [0.5, 0.6) is 0 Å². The molecule has 0 bridgehead atoms. The minimum absolute atomic E-state index is 0.414. The molecule has 21 heavy (non-hydrogen) atoms. The predicted octanol–water partition coefficient (Wildman–Crippen LogP) is 5.43. The van der Waals surface area contributed by atoms with Gasteiger partial charge in [0.1, 0.15) is 0 Å². The third-order valence-electron chi connectivity index (χ3n) is 7.57. The zero-order valence-corrected chi connectivity index (χ0v) is 14.1. The summed E-state index contributed by atoms with van der Waals surface area (Å²) in [5.74, 6) is 6.55. The molecule has 7 atom stereocenters. The Kier molecular flexibility index (Phi) is 4.07. The van der Waals surface area contributed by atoms with Gasteiger partial charge >= 0.3 is 0 Å². The van der Waals surface area contributed by atoms with Crippen LogP contribution in [0.15, 0.2) is 0 Å². The van der Waals surface area contributed by atoms with Crippen LogP contribution >= 0.6 is 0 Å². The Morgan fingerprint density at radius 3 is 2.10 bits per heavy atom. The van der Waals surface area contributed by atoms with E-state index in [1.54, 1.807) is 32.1 Å². The van der Waals surface area contributed by atoms with E-state index in [1.165, 1.54) is 32.1 Å². The molecule has 0 saturated heterocycles. The van der Waals surface area contributed by atoms with Crippen molar-refractivity contribution in [1.82, 2.24) is 0 Å². The maximum Gasteiger partial charge on any atom is 0.0581 e. The molecule has 0 aromatic carbocycles. The molecule has 1 nitrogen and oxygen atoms in total. The third kappa shape index (κ3) is 2.69. The minimum Gasteiger partial charge on any atom is -0.376 e. The lowest BCUT2D eigenvalue weighted by Crippen LogP contribution is -2.45. The zero-order chi connectivity index (χ0) is 14.4. The first-order valence-electron chi connectivity index (χ1n) is 9.88. The fourth-order valence-electron chi connectivity index (χ4n) is 6.94. The first-order valence-corrected chi connectivity index (χ1v) is 9.88. The van der Waals surface area contributed by atoms with E-state index in [-0.39, 0.29) is 0 Å². The molecular formula is C20H34O. The van der Waals surface area contributed by atoms with E-state index in [1.807, 2.05) is 0 Å². The maximum absolute atomic E-state index is 6.15. The van der Waals surface area contributed by atoms with Gasteiger partial charge in [-0.3, -0.25) is 0 Å². The largest absolute Gasteiger partial charge is 0.376 e. The molecule has 0 aromatic heterocycles. The van der Waals surface area contributed by atoms with Gasteiger partial charge < -0.3 is 4.74 Å². The second kappa shape index (κ2) is 5.87. The Bertz CT molecular complexity index is 363. The quantitative estimate of drug-likeness (QED) is 0.658. The Hall–Kier alpha value is -0.0400. The molecule has 120 valence electrons. The molecule has 0 radical (unpaired) electrons. The molecule has 4 aliphatic carbocycles. The molecule has 4 aliphatic rings. The van der Waals surface area contributed by atoms with E-state index in [0.717, 1.165) is 35.5 Å². The Morgan fingerprint density at radius 2 is 1.33 bits per heavy atom. The van der Waals surface area contributed by atoms with E-state index in [2.05, 4.69) is 13.8 Å². The van der Waals surface area contributed by atoms with Crippen LogP contribution in [0, 0.1) is 35.5 Å². The molecule has 0 heterocycles. The van der Waals surface area contributed by atoms with Crippen molar-refractivity contribution in [2.24, 2.45) is 35.5 Å². The van der Waals surface area contributed by atoms with Crippen molar-refractivity contribution < 1.29 is 4.74 Å². The summed E-state index contributed by atoms with van der Waals surface area (Å²) in [6.45, 7) is 4.40. The monoisotopic (exact) mass is 290 g/mol. The highest BCUT2D eigenvalue weighted by Crippen LogP contribution is 2.57. The van der Waals surface area contributed by atoms with Crippen LogP contribution < -0.4 is 0 Å². The zero-order valence-electron chi connectivity index (χ0n) is 14.1. The van der Waals surface area contributed by atoms with E-state index >= 15 is 0 Å². The highest BCUT2D eigenvalue weighted by atomic mass is 16.5. The van der Waals surface area contributed by atoms with Crippen LogP contribution in [-0.2, 0) is 4.74 Å². The van der Waals surface area contributed by atoms with Gasteiger partial charge in [-0.05, 0) is 101 Å². The number of rotatable bonds is 2. The van der Waals surface area contributed by atoms with Crippen molar-refractivity contribution in [1.29, 1.82) is 0 Å².